The highest BCUT2D eigenvalue weighted by Gasteiger charge is 2.34. The van der Waals surface area contributed by atoms with E-state index in [-0.39, 0.29) is 16.7 Å². The zero-order valence-corrected chi connectivity index (χ0v) is 12.5. The number of anilines is 1. The highest BCUT2D eigenvalue weighted by atomic mass is 79.9. The van der Waals surface area contributed by atoms with Crippen molar-refractivity contribution in [3.8, 4) is 0 Å². The topological polar surface area (TPSA) is 67.6 Å². The highest BCUT2D eigenvalue weighted by Crippen LogP contribution is 2.31. The smallest absolute Gasteiger partial charge is 0.293 e. The van der Waals surface area contributed by atoms with E-state index in [9.17, 15) is 10.1 Å². The van der Waals surface area contributed by atoms with Gasteiger partial charge in [0, 0.05) is 35.7 Å². The predicted octanol–water partition coefficient (Wildman–Crippen LogP) is 2.24. The number of nitro groups is 1. The van der Waals surface area contributed by atoms with Gasteiger partial charge in [0.25, 0.3) is 5.69 Å². The van der Waals surface area contributed by atoms with Gasteiger partial charge in [-0.15, -0.1) is 0 Å². The van der Waals surface area contributed by atoms with Crippen LogP contribution in [0, 0.1) is 10.1 Å². The number of rotatable bonds is 3. The Hall–Kier alpha value is -1.18. The molecule has 2 saturated heterocycles. The van der Waals surface area contributed by atoms with Crippen molar-refractivity contribution in [3.05, 3.63) is 32.8 Å². The number of hydrogen-bond donors (Lipinski definition) is 1. The van der Waals surface area contributed by atoms with Gasteiger partial charge in [-0.2, -0.15) is 0 Å². The number of ether oxygens (including phenoxy) is 1. The monoisotopic (exact) mass is 341 g/mol. The molecule has 0 saturated carbocycles. The second-order valence-electron chi connectivity index (χ2n) is 5.22. The first-order chi connectivity index (χ1) is 9.63. The van der Waals surface area contributed by atoms with Crippen LogP contribution in [-0.4, -0.2) is 48.2 Å². The molecule has 2 aliphatic rings. The summed E-state index contributed by atoms with van der Waals surface area (Å²) in [6.07, 6.45) is 0.965. The molecule has 2 heterocycles. The molecule has 108 valence electrons. The minimum absolute atomic E-state index is 0.112. The third kappa shape index (κ3) is 2.79. The maximum atomic E-state index is 11.1. The number of benzene rings is 1. The molecule has 0 radical (unpaired) electrons. The van der Waals surface area contributed by atoms with Crippen molar-refractivity contribution in [3.63, 3.8) is 0 Å². The summed E-state index contributed by atoms with van der Waals surface area (Å²) in [5.74, 6) is 0. The molecule has 1 N–H and O–H groups in total. The SMILES string of the molecule is O=[N+]([O-])c1cc(Br)ccc1NC1C[C@H]2COCCN2C1. The van der Waals surface area contributed by atoms with Crippen LogP contribution in [0.5, 0.6) is 0 Å². The standard InChI is InChI=1S/C13H16BrN3O3/c14-9-1-2-12(13(5-9)17(18)19)15-10-6-11-8-20-4-3-16(11)7-10/h1-2,5,10-11,15H,3-4,6-8H2/t10?,11-/m0/s1. The van der Waals surface area contributed by atoms with Crippen LogP contribution in [0.3, 0.4) is 0 Å². The van der Waals surface area contributed by atoms with Crippen LogP contribution in [0.2, 0.25) is 0 Å². The van der Waals surface area contributed by atoms with Crippen molar-refractivity contribution >= 4 is 27.3 Å². The van der Waals surface area contributed by atoms with Crippen LogP contribution in [0.25, 0.3) is 0 Å². The van der Waals surface area contributed by atoms with Crippen molar-refractivity contribution in [2.45, 2.75) is 18.5 Å². The molecule has 20 heavy (non-hydrogen) atoms. The molecule has 2 atom stereocenters. The average molecular weight is 342 g/mol. The zero-order chi connectivity index (χ0) is 14.1. The van der Waals surface area contributed by atoms with Gasteiger partial charge in [0.1, 0.15) is 5.69 Å². The van der Waals surface area contributed by atoms with Crippen molar-refractivity contribution in [2.75, 3.05) is 31.6 Å². The van der Waals surface area contributed by atoms with E-state index in [1.54, 1.807) is 6.07 Å². The van der Waals surface area contributed by atoms with Gasteiger partial charge >= 0.3 is 0 Å². The van der Waals surface area contributed by atoms with Gasteiger partial charge in [0.05, 0.1) is 18.1 Å². The maximum Gasteiger partial charge on any atom is 0.293 e. The summed E-state index contributed by atoms with van der Waals surface area (Å²) in [7, 11) is 0. The number of nitro benzene ring substituents is 1. The van der Waals surface area contributed by atoms with E-state index >= 15 is 0 Å². The van der Waals surface area contributed by atoms with Gasteiger partial charge in [0.15, 0.2) is 0 Å². The van der Waals surface area contributed by atoms with Gasteiger partial charge < -0.3 is 10.1 Å². The molecule has 1 unspecified atom stereocenters. The second kappa shape index (κ2) is 5.67. The van der Waals surface area contributed by atoms with Crippen molar-refractivity contribution in [1.82, 2.24) is 4.90 Å². The molecule has 0 aliphatic carbocycles. The molecule has 0 amide bonds. The molecule has 1 aromatic rings. The van der Waals surface area contributed by atoms with Gasteiger partial charge in [-0.25, -0.2) is 0 Å². The number of halogens is 1. The Labute approximate surface area is 125 Å². The molecule has 0 spiro atoms. The second-order valence-corrected chi connectivity index (χ2v) is 6.13. The van der Waals surface area contributed by atoms with E-state index in [2.05, 4.69) is 26.1 Å². The molecule has 7 heteroatoms. The molecular weight excluding hydrogens is 326 g/mol. The Balaban J connectivity index is 1.73. The lowest BCUT2D eigenvalue weighted by Gasteiger charge is -2.28. The van der Waals surface area contributed by atoms with E-state index in [0.29, 0.717) is 16.2 Å². The van der Waals surface area contributed by atoms with Crippen molar-refractivity contribution < 1.29 is 9.66 Å². The number of hydrogen-bond acceptors (Lipinski definition) is 5. The van der Waals surface area contributed by atoms with Crippen LogP contribution in [0.15, 0.2) is 22.7 Å². The Morgan fingerprint density at radius 2 is 2.35 bits per heavy atom. The summed E-state index contributed by atoms with van der Waals surface area (Å²) >= 11 is 3.27. The first-order valence-electron chi connectivity index (χ1n) is 6.66. The minimum Gasteiger partial charge on any atom is -0.378 e. The van der Waals surface area contributed by atoms with Gasteiger partial charge in [-0.3, -0.25) is 15.0 Å². The third-order valence-corrected chi connectivity index (χ3v) is 4.37. The zero-order valence-electron chi connectivity index (χ0n) is 10.9. The van der Waals surface area contributed by atoms with E-state index < -0.39 is 0 Å². The minimum atomic E-state index is -0.349. The number of nitrogens with zero attached hydrogens (tertiary/aromatic N) is 2. The Morgan fingerprint density at radius 1 is 1.50 bits per heavy atom. The molecule has 2 aliphatic heterocycles. The lowest BCUT2D eigenvalue weighted by atomic mass is 10.1. The lowest BCUT2D eigenvalue weighted by Crippen LogP contribution is -2.40. The van der Waals surface area contributed by atoms with Crippen molar-refractivity contribution in [1.29, 1.82) is 0 Å². The summed E-state index contributed by atoms with van der Waals surface area (Å²) in [6.45, 7) is 3.41. The average Bonchev–Trinajstić information content (AvgIpc) is 2.82. The molecule has 0 aromatic heterocycles. The fraction of sp³-hybridized carbons (Fsp3) is 0.538. The first kappa shape index (κ1) is 13.8. The van der Waals surface area contributed by atoms with E-state index in [4.69, 9.17) is 4.74 Å². The van der Waals surface area contributed by atoms with Gasteiger partial charge in [0.2, 0.25) is 0 Å². The van der Waals surface area contributed by atoms with Crippen LogP contribution >= 0.6 is 15.9 Å². The normalized spacial score (nSPS) is 26.2. The van der Waals surface area contributed by atoms with Crippen LogP contribution < -0.4 is 5.32 Å². The number of fused-ring (bicyclic) bond motifs is 1. The summed E-state index contributed by atoms with van der Waals surface area (Å²) in [5, 5.41) is 14.4. The number of morpholine rings is 1. The summed E-state index contributed by atoms with van der Waals surface area (Å²) in [5.41, 5.74) is 0.699. The largest absolute Gasteiger partial charge is 0.378 e. The van der Waals surface area contributed by atoms with Gasteiger partial charge in [-0.1, -0.05) is 15.9 Å². The van der Waals surface area contributed by atoms with Crippen LogP contribution in [0.1, 0.15) is 6.42 Å². The quantitative estimate of drug-likeness (QED) is 0.674. The molecule has 6 nitrogen and oxygen atoms in total. The molecular formula is C13H16BrN3O3. The fourth-order valence-corrected chi connectivity index (χ4v) is 3.28. The summed E-state index contributed by atoms with van der Waals surface area (Å²) in [4.78, 5) is 13.2. The summed E-state index contributed by atoms with van der Waals surface area (Å²) in [6, 6.07) is 5.79. The summed E-state index contributed by atoms with van der Waals surface area (Å²) < 4.78 is 6.19. The first-order valence-corrected chi connectivity index (χ1v) is 7.45. The highest BCUT2D eigenvalue weighted by molar-refractivity contribution is 9.10. The van der Waals surface area contributed by atoms with E-state index in [1.807, 2.05) is 6.07 Å². The Bertz CT molecular complexity index is 512. The Morgan fingerprint density at radius 3 is 3.10 bits per heavy atom. The Kier molecular flexibility index (Phi) is 3.91. The lowest BCUT2D eigenvalue weighted by molar-refractivity contribution is -0.384. The van der Waals surface area contributed by atoms with Gasteiger partial charge in [-0.05, 0) is 18.6 Å². The van der Waals surface area contributed by atoms with Crippen LogP contribution in [-0.2, 0) is 4.74 Å². The fourth-order valence-electron chi connectivity index (χ4n) is 2.94. The third-order valence-electron chi connectivity index (χ3n) is 3.88. The maximum absolute atomic E-state index is 11.1. The predicted molar refractivity (Wildman–Crippen MR) is 79.0 cm³/mol. The van der Waals surface area contributed by atoms with Crippen LogP contribution in [0.4, 0.5) is 11.4 Å². The molecule has 1 aromatic carbocycles. The van der Waals surface area contributed by atoms with E-state index in [1.165, 1.54) is 6.07 Å². The molecule has 3 rings (SSSR count). The molecule has 2 fully saturated rings. The van der Waals surface area contributed by atoms with Crippen molar-refractivity contribution in [2.24, 2.45) is 0 Å². The van der Waals surface area contributed by atoms with E-state index in [0.717, 1.165) is 32.7 Å². The number of nitrogens with one attached hydrogen (secondary N) is 1. The molecule has 0 bridgehead atoms.